The summed E-state index contributed by atoms with van der Waals surface area (Å²) in [5, 5.41) is 14.4. The second kappa shape index (κ2) is 10.3. The van der Waals surface area contributed by atoms with Crippen LogP contribution in [0.1, 0.15) is 5.56 Å². The summed E-state index contributed by atoms with van der Waals surface area (Å²) in [5.41, 5.74) is 1.56. The van der Waals surface area contributed by atoms with Crippen LogP contribution in [0.2, 0.25) is 10.0 Å². The predicted molar refractivity (Wildman–Crippen MR) is 114 cm³/mol. The minimum atomic E-state index is -3.30. The molecule has 154 valence electrons. The molecule has 0 aliphatic heterocycles. The number of aliphatic hydroxyl groups is 1. The SMILES string of the molecule is CN(c1ccc(OCC(O)CNCCc2cc(Cl)cc(Cl)c2)cc1)S(C)(=O)=O. The molecule has 0 aromatic heterocycles. The van der Waals surface area contributed by atoms with Gasteiger partial charge in [-0.3, -0.25) is 4.31 Å². The van der Waals surface area contributed by atoms with E-state index < -0.39 is 16.1 Å². The predicted octanol–water partition coefficient (Wildman–Crippen LogP) is 2.96. The van der Waals surface area contributed by atoms with Gasteiger partial charge < -0.3 is 15.2 Å². The van der Waals surface area contributed by atoms with Gasteiger partial charge in [-0.05, 0) is 61.0 Å². The highest BCUT2D eigenvalue weighted by Gasteiger charge is 2.12. The average Bonchev–Trinajstić information content (AvgIpc) is 2.62. The number of hydrogen-bond donors (Lipinski definition) is 2. The molecule has 2 N–H and O–H groups in total. The van der Waals surface area contributed by atoms with Crippen molar-refractivity contribution in [1.82, 2.24) is 5.32 Å². The Labute approximate surface area is 176 Å². The molecule has 0 saturated carbocycles. The van der Waals surface area contributed by atoms with Crippen molar-refractivity contribution >= 4 is 38.9 Å². The number of benzene rings is 2. The second-order valence-electron chi connectivity index (χ2n) is 6.42. The molecule has 0 radical (unpaired) electrons. The highest BCUT2D eigenvalue weighted by molar-refractivity contribution is 7.92. The van der Waals surface area contributed by atoms with E-state index in [1.807, 2.05) is 12.1 Å². The summed E-state index contributed by atoms with van der Waals surface area (Å²) in [4.78, 5) is 0. The molecule has 0 saturated heterocycles. The smallest absolute Gasteiger partial charge is 0.231 e. The van der Waals surface area contributed by atoms with Crippen LogP contribution in [-0.4, -0.2) is 52.6 Å². The van der Waals surface area contributed by atoms with Crippen molar-refractivity contribution in [3.05, 3.63) is 58.1 Å². The van der Waals surface area contributed by atoms with Crippen molar-refractivity contribution in [1.29, 1.82) is 0 Å². The highest BCUT2D eigenvalue weighted by Crippen LogP contribution is 2.20. The van der Waals surface area contributed by atoms with Crippen LogP contribution in [0.3, 0.4) is 0 Å². The van der Waals surface area contributed by atoms with Gasteiger partial charge in [0.05, 0.1) is 11.9 Å². The van der Waals surface area contributed by atoms with Crippen molar-refractivity contribution in [2.24, 2.45) is 0 Å². The van der Waals surface area contributed by atoms with E-state index in [1.54, 1.807) is 30.3 Å². The molecule has 2 rings (SSSR count). The van der Waals surface area contributed by atoms with Crippen LogP contribution in [0.25, 0.3) is 0 Å². The number of nitrogens with zero attached hydrogens (tertiary/aromatic N) is 1. The lowest BCUT2D eigenvalue weighted by atomic mass is 10.1. The zero-order valence-electron chi connectivity index (χ0n) is 15.7. The molecule has 0 bridgehead atoms. The molecule has 1 atom stereocenters. The van der Waals surface area contributed by atoms with E-state index in [9.17, 15) is 13.5 Å². The molecular weight excluding hydrogens is 423 g/mol. The number of nitrogens with one attached hydrogen (secondary N) is 1. The molecule has 6 nitrogen and oxygen atoms in total. The maximum absolute atomic E-state index is 11.5. The molecule has 1 unspecified atom stereocenters. The standard InChI is InChI=1S/C19H24Cl2N2O4S/c1-23(28(2,25)26)17-3-5-19(6-4-17)27-13-18(24)12-22-8-7-14-9-15(20)11-16(21)10-14/h3-6,9-11,18,22,24H,7-8,12-13H2,1-2H3. The number of anilines is 1. The van der Waals surface area contributed by atoms with Crippen LogP contribution in [0.5, 0.6) is 5.75 Å². The summed E-state index contributed by atoms with van der Waals surface area (Å²) in [6.45, 7) is 1.17. The lowest BCUT2D eigenvalue weighted by Gasteiger charge is -2.17. The average molecular weight is 447 g/mol. The van der Waals surface area contributed by atoms with E-state index in [0.717, 1.165) is 18.2 Å². The van der Waals surface area contributed by atoms with Gasteiger partial charge in [-0.2, -0.15) is 0 Å². The first-order chi connectivity index (χ1) is 13.1. The molecule has 0 fully saturated rings. The normalized spacial score (nSPS) is 12.6. The van der Waals surface area contributed by atoms with Crippen molar-refractivity contribution in [2.45, 2.75) is 12.5 Å². The number of halogens is 2. The molecule has 2 aromatic rings. The summed E-state index contributed by atoms with van der Waals surface area (Å²) in [7, 11) is -1.82. The molecule has 0 aliphatic carbocycles. The molecule has 0 amide bonds. The minimum absolute atomic E-state index is 0.122. The van der Waals surface area contributed by atoms with E-state index in [2.05, 4.69) is 5.32 Å². The number of hydrogen-bond acceptors (Lipinski definition) is 5. The van der Waals surface area contributed by atoms with Gasteiger partial charge >= 0.3 is 0 Å². The maximum atomic E-state index is 11.5. The zero-order valence-corrected chi connectivity index (χ0v) is 18.1. The van der Waals surface area contributed by atoms with Gasteiger partial charge in [0.2, 0.25) is 10.0 Å². The van der Waals surface area contributed by atoms with Gasteiger partial charge in [0.15, 0.2) is 0 Å². The first-order valence-corrected chi connectivity index (χ1v) is 11.3. The van der Waals surface area contributed by atoms with E-state index in [4.69, 9.17) is 27.9 Å². The zero-order chi connectivity index (χ0) is 20.7. The Hall–Kier alpha value is -1.51. The summed E-state index contributed by atoms with van der Waals surface area (Å²) in [6, 6.07) is 12.0. The maximum Gasteiger partial charge on any atom is 0.231 e. The van der Waals surface area contributed by atoms with Crippen LogP contribution < -0.4 is 14.4 Å². The van der Waals surface area contributed by atoms with E-state index in [0.29, 0.717) is 34.6 Å². The molecule has 28 heavy (non-hydrogen) atoms. The molecule has 2 aromatic carbocycles. The van der Waals surface area contributed by atoms with Gasteiger partial charge in [0, 0.05) is 23.6 Å². The Morgan fingerprint density at radius 2 is 1.75 bits per heavy atom. The Morgan fingerprint density at radius 1 is 1.14 bits per heavy atom. The Bertz CT molecular complexity index is 856. The number of sulfonamides is 1. The van der Waals surface area contributed by atoms with Gasteiger partial charge in [0.1, 0.15) is 18.5 Å². The molecular formula is C19H24Cl2N2O4S. The van der Waals surface area contributed by atoms with Gasteiger partial charge in [-0.25, -0.2) is 8.42 Å². The second-order valence-corrected chi connectivity index (χ2v) is 9.31. The largest absolute Gasteiger partial charge is 0.491 e. The third kappa shape index (κ3) is 7.48. The topological polar surface area (TPSA) is 78.9 Å². The minimum Gasteiger partial charge on any atom is -0.491 e. The van der Waals surface area contributed by atoms with Crippen LogP contribution in [0.15, 0.2) is 42.5 Å². The van der Waals surface area contributed by atoms with E-state index >= 15 is 0 Å². The van der Waals surface area contributed by atoms with Crippen LogP contribution >= 0.6 is 23.2 Å². The molecule has 9 heteroatoms. The quantitative estimate of drug-likeness (QED) is 0.548. The molecule has 0 heterocycles. The highest BCUT2D eigenvalue weighted by atomic mass is 35.5. The Kier molecular flexibility index (Phi) is 8.39. The van der Waals surface area contributed by atoms with E-state index in [1.165, 1.54) is 11.4 Å². The fraction of sp³-hybridized carbons (Fsp3) is 0.368. The third-order valence-electron chi connectivity index (χ3n) is 4.03. The Balaban J connectivity index is 1.71. The lowest BCUT2D eigenvalue weighted by molar-refractivity contribution is 0.106. The van der Waals surface area contributed by atoms with E-state index in [-0.39, 0.29) is 6.61 Å². The monoisotopic (exact) mass is 446 g/mol. The van der Waals surface area contributed by atoms with Gasteiger partial charge in [-0.1, -0.05) is 23.2 Å². The van der Waals surface area contributed by atoms with Crippen LogP contribution in [0.4, 0.5) is 5.69 Å². The summed E-state index contributed by atoms with van der Waals surface area (Å²) in [5.74, 6) is 0.554. The third-order valence-corrected chi connectivity index (χ3v) is 5.68. The summed E-state index contributed by atoms with van der Waals surface area (Å²) >= 11 is 11.9. The first kappa shape index (κ1) is 22.8. The lowest BCUT2D eigenvalue weighted by Crippen LogP contribution is -2.32. The van der Waals surface area contributed by atoms with Crippen molar-refractivity contribution in [3.8, 4) is 5.75 Å². The van der Waals surface area contributed by atoms with Crippen LogP contribution in [-0.2, 0) is 16.4 Å². The van der Waals surface area contributed by atoms with Crippen molar-refractivity contribution in [3.63, 3.8) is 0 Å². The number of aliphatic hydroxyl groups excluding tert-OH is 1. The molecule has 0 aliphatic rings. The van der Waals surface area contributed by atoms with Crippen molar-refractivity contribution < 1.29 is 18.3 Å². The molecule has 0 spiro atoms. The van der Waals surface area contributed by atoms with Gasteiger partial charge in [-0.15, -0.1) is 0 Å². The van der Waals surface area contributed by atoms with Crippen molar-refractivity contribution in [2.75, 3.05) is 37.3 Å². The fourth-order valence-electron chi connectivity index (χ4n) is 2.45. The summed E-state index contributed by atoms with van der Waals surface area (Å²) < 4.78 is 29.8. The first-order valence-electron chi connectivity index (χ1n) is 8.65. The number of rotatable bonds is 10. The van der Waals surface area contributed by atoms with Gasteiger partial charge in [0.25, 0.3) is 0 Å². The summed E-state index contributed by atoms with van der Waals surface area (Å²) in [6.07, 6.45) is 1.20. The number of ether oxygens (including phenoxy) is 1. The van der Waals surface area contributed by atoms with Crippen LogP contribution in [0, 0.1) is 0 Å². The Morgan fingerprint density at radius 3 is 2.32 bits per heavy atom. The fourth-order valence-corrected chi connectivity index (χ4v) is 3.53.